The van der Waals surface area contributed by atoms with E-state index in [2.05, 4.69) is 0 Å². The molecule has 2 rings (SSSR count). The number of hydrogen-bond acceptors (Lipinski definition) is 2. The molecule has 32 heavy (non-hydrogen) atoms. The first kappa shape index (κ1) is 25.8. The van der Waals surface area contributed by atoms with Crippen LogP contribution in [0, 0.1) is 0 Å². The molecule has 1 aromatic rings. The number of imide groups is 1. The quantitative estimate of drug-likeness (QED) is 0.476. The molecule has 0 N–H and O–H groups in total. The average Bonchev–Trinajstić information content (AvgIpc) is 2.91. The van der Waals surface area contributed by atoms with Crippen LogP contribution in [0.2, 0.25) is 0 Å². The molecule has 1 fully saturated rings. The zero-order valence-electron chi connectivity index (χ0n) is 16.8. The monoisotopic (exact) mass is 478 g/mol. The summed E-state index contributed by atoms with van der Waals surface area (Å²) >= 11 is 0. The van der Waals surface area contributed by atoms with E-state index in [4.69, 9.17) is 0 Å². The number of rotatable bonds is 7. The minimum absolute atomic E-state index is 0.521. The Bertz CT molecular complexity index is 843. The van der Waals surface area contributed by atoms with Crippen LogP contribution in [0.4, 0.5) is 44.3 Å². The number of likely N-dealkylation sites (N-methyl/N-ethyl adjacent to an activating group) is 1. The lowest BCUT2D eigenvalue weighted by molar-refractivity contribution is -0.396. The van der Waals surface area contributed by atoms with Gasteiger partial charge in [0.05, 0.1) is 12.1 Å². The molecule has 2 atom stereocenters. The molecule has 1 aliphatic rings. The fourth-order valence-corrected chi connectivity index (χ4v) is 3.38. The van der Waals surface area contributed by atoms with E-state index in [1.807, 2.05) is 0 Å². The van der Waals surface area contributed by atoms with Crippen molar-refractivity contribution >= 4 is 11.9 Å². The van der Waals surface area contributed by atoms with Gasteiger partial charge in [-0.2, -0.15) is 39.5 Å². The summed E-state index contributed by atoms with van der Waals surface area (Å²) in [6, 6.07) is 5.94. The van der Waals surface area contributed by atoms with E-state index in [0.29, 0.717) is 5.56 Å². The second kappa shape index (κ2) is 8.47. The van der Waals surface area contributed by atoms with Gasteiger partial charge >= 0.3 is 30.0 Å². The summed E-state index contributed by atoms with van der Waals surface area (Å²) in [6.07, 6.45) is -11.1. The van der Waals surface area contributed by atoms with Crippen molar-refractivity contribution in [3.63, 3.8) is 0 Å². The van der Waals surface area contributed by atoms with Gasteiger partial charge in [0.15, 0.2) is 0 Å². The maximum absolute atomic E-state index is 13.7. The van der Waals surface area contributed by atoms with Gasteiger partial charge in [0, 0.05) is 19.9 Å². The van der Waals surface area contributed by atoms with Crippen molar-refractivity contribution in [1.29, 1.82) is 0 Å². The molecule has 4 nitrogen and oxygen atoms in total. The number of urea groups is 1. The van der Waals surface area contributed by atoms with Crippen molar-refractivity contribution < 1.29 is 49.1 Å². The van der Waals surface area contributed by atoms with Crippen LogP contribution in [0.25, 0.3) is 0 Å². The normalized spacial score (nSPS) is 20.8. The Morgan fingerprint density at radius 1 is 0.938 bits per heavy atom. The third kappa shape index (κ3) is 4.25. The number of halogens is 9. The highest BCUT2D eigenvalue weighted by Crippen LogP contribution is 2.54. The number of carbonyl (C=O) groups excluding carboxylic acids is 2. The topological polar surface area (TPSA) is 40.6 Å². The molecule has 0 aromatic heterocycles. The van der Waals surface area contributed by atoms with Gasteiger partial charge in [-0.05, 0) is 18.9 Å². The highest BCUT2D eigenvalue weighted by molar-refractivity contribution is 5.96. The summed E-state index contributed by atoms with van der Waals surface area (Å²) < 4.78 is 116. The standard InChI is InChI=1S/C19H19F9N2O2/c1-11-14(12-7-4-3-5-8-12)30(15(32)29(11)2)13(31)9-6-10-16(20,21)17(22,23)18(24,25)19(26,27)28/h3-5,7-8,11,14H,6,9-10H2,1-2H3/t11-,14-/m0/s1. The fraction of sp³-hybridized carbons (Fsp3) is 0.579. The first-order valence-electron chi connectivity index (χ1n) is 9.31. The van der Waals surface area contributed by atoms with Gasteiger partial charge in [-0.15, -0.1) is 0 Å². The van der Waals surface area contributed by atoms with Gasteiger partial charge in [-0.25, -0.2) is 4.79 Å². The minimum Gasteiger partial charge on any atom is -0.322 e. The molecule has 13 heteroatoms. The van der Waals surface area contributed by atoms with E-state index < -0.39 is 67.2 Å². The van der Waals surface area contributed by atoms with E-state index in [1.165, 1.54) is 11.9 Å². The number of benzene rings is 1. The second-order valence-electron chi connectivity index (χ2n) is 7.46. The minimum atomic E-state index is -6.98. The summed E-state index contributed by atoms with van der Waals surface area (Å²) in [5.74, 6) is -20.5. The largest absolute Gasteiger partial charge is 0.460 e. The lowest BCUT2D eigenvalue weighted by Gasteiger charge is -2.33. The Balaban J connectivity index is 2.15. The Morgan fingerprint density at radius 2 is 1.47 bits per heavy atom. The highest BCUT2D eigenvalue weighted by Gasteiger charge is 2.81. The molecule has 1 aromatic carbocycles. The third-order valence-corrected chi connectivity index (χ3v) is 5.35. The smallest absolute Gasteiger partial charge is 0.322 e. The number of hydrogen-bond donors (Lipinski definition) is 0. The molecule has 3 amide bonds. The van der Waals surface area contributed by atoms with Crippen LogP contribution in [0.5, 0.6) is 0 Å². The molecule has 180 valence electrons. The molecule has 0 spiro atoms. The molecular formula is C19H19F9N2O2. The van der Waals surface area contributed by atoms with Crippen molar-refractivity contribution in [2.24, 2.45) is 0 Å². The van der Waals surface area contributed by atoms with E-state index in [-0.39, 0.29) is 0 Å². The van der Waals surface area contributed by atoms with Crippen LogP contribution in [0.1, 0.15) is 37.8 Å². The molecule has 0 unspecified atom stereocenters. The summed E-state index contributed by atoms with van der Waals surface area (Å²) in [7, 11) is 1.38. The predicted octanol–water partition coefficient (Wildman–Crippen LogP) is 5.65. The Kier molecular flexibility index (Phi) is 6.82. The lowest BCUT2D eigenvalue weighted by atomic mass is 9.97. The van der Waals surface area contributed by atoms with Crippen LogP contribution in [-0.4, -0.2) is 58.8 Å². The zero-order valence-corrected chi connectivity index (χ0v) is 16.8. The summed E-state index contributed by atoms with van der Waals surface area (Å²) in [6.45, 7) is 1.61. The maximum atomic E-state index is 13.7. The molecule has 0 radical (unpaired) electrons. The first-order chi connectivity index (χ1) is 14.5. The Hall–Kier alpha value is -2.47. The molecule has 1 saturated heterocycles. The zero-order chi connectivity index (χ0) is 24.7. The van der Waals surface area contributed by atoms with E-state index in [0.717, 1.165) is 4.90 Å². The number of nitrogens with zero attached hydrogens (tertiary/aromatic N) is 2. The fourth-order valence-electron chi connectivity index (χ4n) is 3.38. The highest BCUT2D eigenvalue weighted by atomic mass is 19.4. The van der Waals surface area contributed by atoms with Gasteiger partial charge in [-0.3, -0.25) is 9.69 Å². The predicted molar refractivity (Wildman–Crippen MR) is 93.4 cm³/mol. The molecule has 1 heterocycles. The SMILES string of the molecule is C[C@H]1[C@@H](c2ccccc2)N(C(=O)CCCC(F)(F)C(F)(F)C(F)(F)C(F)(F)F)C(=O)N1C. The number of amides is 3. The Morgan fingerprint density at radius 3 is 1.97 bits per heavy atom. The first-order valence-corrected chi connectivity index (χ1v) is 9.31. The van der Waals surface area contributed by atoms with Gasteiger partial charge in [0.2, 0.25) is 5.91 Å². The summed E-state index contributed by atoms with van der Waals surface area (Å²) in [4.78, 5) is 26.9. The van der Waals surface area contributed by atoms with Crippen molar-refractivity contribution in [2.45, 2.75) is 62.2 Å². The maximum Gasteiger partial charge on any atom is 0.460 e. The Labute approximate surface area is 177 Å². The van der Waals surface area contributed by atoms with Crippen LogP contribution < -0.4 is 0 Å². The summed E-state index contributed by atoms with van der Waals surface area (Å²) in [5.41, 5.74) is 0.521. The molecule has 0 aliphatic carbocycles. The van der Waals surface area contributed by atoms with Gasteiger partial charge in [-0.1, -0.05) is 30.3 Å². The molecule has 1 aliphatic heterocycles. The second-order valence-corrected chi connectivity index (χ2v) is 7.46. The average molecular weight is 478 g/mol. The van der Waals surface area contributed by atoms with E-state index >= 15 is 0 Å². The van der Waals surface area contributed by atoms with Crippen molar-refractivity contribution in [1.82, 2.24) is 9.80 Å². The van der Waals surface area contributed by atoms with E-state index in [9.17, 15) is 49.1 Å². The van der Waals surface area contributed by atoms with Crippen molar-refractivity contribution in [2.75, 3.05) is 7.05 Å². The molecule has 0 bridgehead atoms. The summed E-state index contributed by atoms with van der Waals surface area (Å²) in [5, 5.41) is 0. The van der Waals surface area contributed by atoms with Gasteiger partial charge in [0.25, 0.3) is 0 Å². The lowest BCUT2D eigenvalue weighted by Crippen LogP contribution is -2.60. The van der Waals surface area contributed by atoms with Gasteiger partial charge < -0.3 is 4.90 Å². The van der Waals surface area contributed by atoms with Crippen LogP contribution in [-0.2, 0) is 4.79 Å². The number of alkyl halides is 9. The molecular weight excluding hydrogens is 459 g/mol. The van der Waals surface area contributed by atoms with Gasteiger partial charge in [0.1, 0.15) is 0 Å². The number of carbonyl (C=O) groups is 2. The third-order valence-electron chi connectivity index (χ3n) is 5.35. The van der Waals surface area contributed by atoms with Crippen LogP contribution in [0.15, 0.2) is 30.3 Å². The van der Waals surface area contributed by atoms with Crippen LogP contribution in [0.3, 0.4) is 0 Å². The van der Waals surface area contributed by atoms with Crippen molar-refractivity contribution in [3.05, 3.63) is 35.9 Å². The van der Waals surface area contributed by atoms with Crippen molar-refractivity contribution in [3.8, 4) is 0 Å². The van der Waals surface area contributed by atoms with Crippen LogP contribution >= 0.6 is 0 Å². The molecule has 0 saturated carbocycles. The van der Waals surface area contributed by atoms with E-state index in [1.54, 1.807) is 37.3 Å².